The van der Waals surface area contributed by atoms with Gasteiger partial charge in [0.05, 0.1) is 53.9 Å². The van der Waals surface area contributed by atoms with Crippen molar-refractivity contribution in [2.45, 2.75) is 280 Å². The van der Waals surface area contributed by atoms with Crippen LogP contribution in [0.1, 0.15) is 268 Å². The number of rotatable bonds is 53. The first-order chi connectivity index (χ1) is 32.5. The second-order valence-corrected chi connectivity index (χ2v) is 26.4. The summed E-state index contributed by atoms with van der Waals surface area (Å²) in [5, 5.41) is 0. The van der Waals surface area contributed by atoms with Crippen molar-refractivity contribution in [1.82, 2.24) is 0 Å². The molecule has 0 amide bonds. The maximum atomic E-state index is 6.15. The molecular formula is C57H126Cl2N2O6Si2. The molecule has 0 atom stereocenters. The summed E-state index contributed by atoms with van der Waals surface area (Å²) in [6.45, 7) is 29.5. The van der Waals surface area contributed by atoms with Crippen LogP contribution in [0.3, 0.4) is 0 Å². The normalized spacial score (nSPS) is 12.2. The van der Waals surface area contributed by atoms with Gasteiger partial charge in [-0.25, -0.2) is 0 Å². The molecule has 0 aliphatic rings. The second kappa shape index (κ2) is 54.9. The zero-order valence-corrected chi connectivity index (χ0v) is 52.4. The van der Waals surface area contributed by atoms with Gasteiger partial charge in [-0.3, -0.25) is 0 Å². The van der Waals surface area contributed by atoms with E-state index in [1.165, 1.54) is 230 Å². The van der Waals surface area contributed by atoms with Crippen molar-refractivity contribution in [3.8, 4) is 0 Å². The minimum absolute atomic E-state index is 0. The van der Waals surface area contributed by atoms with Crippen LogP contribution in [-0.2, 0) is 26.6 Å². The molecule has 0 heterocycles. The molecule has 0 bridgehead atoms. The Labute approximate surface area is 449 Å². The predicted octanol–water partition coefficient (Wildman–Crippen LogP) is 11.1. The van der Waals surface area contributed by atoms with Crippen LogP contribution < -0.4 is 24.8 Å². The Bertz CT molecular complexity index is 934. The molecule has 0 aliphatic heterocycles. The molecule has 0 aromatic carbocycles. The first-order valence-electron chi connectivity index (χ1n) is 30.0. The molecule has 422 valence electrons. The number of quaternary nitrogens is 2. The Kier molecular flexibility index (Phi) is 60.7. The van der Waals surface area contributed by atoms with Crippen LogP contribution in [0.4, 0.5) is 0 Å². The van der Waals surface area contributed by atoms with E-state index in [0.29, 0.717) is 39.6 Å². The van der Waals surface area contributed by atoms with Gasteiger partial charge in [-0.05, 0) is 80.1 Å². The van der Waals surface area contributed by atoms with Crippen LogP contribution in [0.25, 0.3) is 0 Å². The van der Waals surface area contributed by atoms with E-state index in [2.05, 4.69) is 62.7 Å². The van der Waals surface area contributed by atoms with Crippen LogP contribution in [0.2, 0.25) is 12.1 Å². The third kappa shape index (κ3) is 48.1. The summed E-state index contributed by atoms with van der Waals surface area (Å²) in [6.07, 6.45) is 44.6. The first kappa shape index (κ1) is 76.2. The van der Waals surface area contributed by atoms with Crippen LogP contribution in [0.15, 0.2) is 0 Å². The lowest BCUT2D eigenvalue weighted by molar-refractivity contribution is -0.910. The van der Waals surface area contributed by atoms with E-state index in [4.69, 9.17) is 26.6 Å². The SMILES string of the molecule is CCCCCCCCCCCC[N+](C)(C)CCC[Si](OCC)(OCC)OCC.CCCCCCCCCCCC[N+](C)(CCCCCCCCCCCC)CCC[Si](OCC)(OCC)OCC.[Cl-].[Cl-]. The highest BCUT2D eigenvalue weighted by molar-refractivity contribution is 6.61. The van der Waals surface area contributed by atoms with Crippen molar-refractivity contribution < 1.29 is 60.3 Å². The minimum Gasteiger partial charge on any atom is -1.00 e. The highest BCUT2D eigenvalue weighted by atomic mass is 35.5. The summed E-state index contributed by atoms with van der Waals surface area (Å²) < 4.78 is 38.7. The number of halogens is 2. The highest BCUT2D eigenvalue weighted by Crippen LogP contribution is 2.23. The number of nitrogens with zero attached hydrogens (tertiary/aromatic N) is 2. The van der Waals surface area contributed by atoms with Gasteiger partial charge in [0, 0.05) is 64.6 Å². The number of unbranched alkanes of at least 4 members (excludes halogenated alkanes) is 27. The Morgan fingerprint density at radius 2 is 0.435 bits per heavy atom. The summed E-state index contributed by atoms with van der Waals surface area (Å²) >= 11 is 0. The zero-order chi connectivity index (χ0) is 50.1. The van der Waals surface area contributed by atoms with E-state index >= 15 is 0 Å². The standard InChI is InChI=1S/C34H74NO3Si.C23H52NO3Si.2ClH/c1-7-12-14-16-18-20-22-24-26-28-31-35(6,32-29-27-25-23-21-19-17-15-13-8-2)33-30-34-39(36-9-3,37-10-4)38-11-5;1-7-11-12-13-14-15-16-17-18-19-21-24(5,6)22-20-23-28(25-8-2,26-9-3)27-10-4;;/h7-34H2,1-6H3;7-23H2,1-6H3;2*1H/q2*+1;;/p-2. The fraction of sp³-hybridized carbons (Fsp3) is 1.00. The summed E-state index contributed by atoms with van der Waals surface area (Å²) in [7, 11) is 2.23. The topological polar surface area (TPSA) is 55.4 Å². The van der Waals surface area contributed by atoms with Gasteiger partial charge >= 0.3 is 17.6 Å². The molecule has 0 fully saturated rings. The summed E-state index contributed by atoms with van der Waals surface area (Å²) in [5.74, 6) is 0. The third-order valence-corrected chi connectivity index (χ3v) is 20.1. The predicted molar refractivity (Wildman–Crippen MR) is 298 cm³/mol. The van der Waals surface area contributed by atoms with Crippen molar-refractivity contribution in [3.63, 3.8) is 0 Å². The minimum atomic E-state index is -2.54. The monoisotopic (exact) mass is 1060 g/mol. The van der Waals surface area contributed by atoms with E-state index in [1.807, 2.05) is 20.8 Å². The molecule has 0 spiro atoms. The molecule has 12 heteroatoms. The first-order valence-corrected chi connectivity index (χ1v) is 33.8. The van der Waals surface area contributed by atoms with Crippen LogP contribution in [0.5, 0.6) is 0 Å². The Morgan fingerprint density at radius 3 is 0.681 bits per heavy atom. The fourth-order valence-electron chi connectivity index (χ4n) is 9.84. The summed E-state index contributed by atoms with van der Waals surface area (Å²) in [5.41, 5.74) is 0. The third-order valence-electron chi connectivity index (χ3n) is 13.8. The molecule has 8 nitrogen and oxygen atoms in total. The number of hydrogen-bond acceptors (Lipinski definition) is 6. The Morgan fingerprint density at radius 1 is 0.246 bits per heavy atom. The van der Waals surface area contributed by atoms with Gasteiger partial charge in [0.2, 0.25) is 0 Å². The Hall–Kier alpha value is 0.694. The molecule has 0 aromatic heterocycles. The quantitative estimate of drug-likeness (QED) is 0.0344. The van der Waals surface area contributed by atoms with Crippen LogP contribution in [-0.4, -0.2) is 120 Å². The molecule has 0 aliphatic carbocycles. The summed E-state index contributed by atoms with van der Waals surface area (Å²) in [4.78, 5) is 0. The van der Waals surface area contributed by atoms with E-state index in [9.17, 15) is 0 Å². The molecule has 0 N–H and O–H groups in total. The van der Waals surface area contributed by atoms with Gasteiger partial charge < -0.3 is 60.3 Å². The van der Waals surface area contributed by atoms with Crippen molar-refractivity contribution in [1.29, 1.82) is 0 Å². The fourth-order valence-corrected chi connectivity index (χ4v) is 15.0. The molecule has 0 saturated carbocycles. The van der Waals surface area contributed by atoms with Gasteiger partial charge in [-0.15, -0.1) is 0 Å². The van der Waals surface area contributed by atoms with Gasteiger partial charge in [0.15, 0.2) is 0 Å². The van der Waals surface area contributed by atoms with Gasteiger partial charge in [0.25, 0.3) is 0 Å². The van der Waals surface area contributed by atoms with E-state index < -0.39 is 17.6 Å². The molecular weight excluding hydrogens is 936 g/mol. The van der Waals surface area contributed by atoms with Gasteiger partial charge in [0.1, 0.15) is 0 Å². The molecule has 0 saturated heterocycles. The molecule has 0 aromatic rings. The lowest BCUT2D eigenvalue weighted by Gasteiger charge is -2.36. The molecule has 0 rings (SSSR count). The molecule has 69 heavy (non-hydrogen) atoms. The maximum Gasteiger partial charge on any atom is 0.501 e. The van der Waals surface area contributed by atoms with Crippen molar-refractivity contribution in [2.75, 3.05) is 93.5 Å². The largest absolute Gasteiger partial charge is 1.00 e. The van der Waals surface area contributed by atoms with Gasteiger partial charge in [-0.1, -0.05) is 175 Å². The lowest BCUT2D eigenvalue weighted by atomic mass is 10.1. The average molecular weight is 1060 g/mol. The van der Waals surface area contributed by atoms with E-state index in [-0.39, 0.29) is 24.8 Å². The molecule has 0 unspecified atom stereocenters. The molecule has 0 radical (unpaired) electrons. The Balaban J connectivity index is -0.000000626. The van der Waals surface area contributed by atoms with Crippen molar-refractivity contribution in [2.24, 2.45) is 0 Å². The zero-order valence-electron chi connectivity index (χ0n) is 48.9. The van der Waals surface area contributed by atoms with E-state index in [1.54, 1.807) is 0 Å². The lowest BCUT2D eigenvalue weighted by Crippen LogP contribution is -3.00. The van der Waals surface area contributed by atoms with Crippen LogP contribution >= 0.6 is 0 Å². The smallest absolute Gasteiger partial charge is 0.501 e. The van der Waals surface area contributed by atoms with Crippen molar-refractivity contribution in [3.05, 3.63) is 0 Å². The van der Waals surface area contributed by atoms with Crippen molar-refractivity contribution >= 4 is 17.6 Å². The second-order valence-electron chi connectivity index (χ2n) is 20.9. The average Bonchev–Trinajstić information content (AvgIpc) is 3.29. The van der Waals surface area contributed by atoms with Crippen LogP contribution in [0, 0.1) is 0 Å². The van der Waals surface area contributed by atoms with Gasteiger partial charge in [-0.2, -0.15) is 0 Å². The highest BCUT2D eigenvalue weighted by Gasteiger charge is 2.41. The van der Waals surface area contributed by atoms with E-state index in [0.717, 1.165) is 29.4 Å². The maximum absolute atomic E-state index is 6.15. The summed E-state index contributed by atoms with van der Waals surface area (Å²) in [6, 6.07) is 1.88. The number of hydrogen-bond donors (Lipinski definition) is 0.